The minimum atomic E-state index is -5.02. The second-order valence-corrected chi connectivity index (χ2v) is 5.91. The van der Waals surface area contributed by atoms with E-state index in [-0.39, 0.29) is 6.61 Å². The molecule has 1 atom stereocenters. The van der Waals surface area contributed by atoms with Crippen molar-refractivity contribution in [2.75, 3.05) is 6.61 Å². The fourth-order valence-electron chi connectivity index (χ4n) is 0.930. The van der Waals surface area contributed by atoms with E-state index < -0.39 is 15.6 Å². The predicted octanol–water partition coefficient (Wildman–Crippen LogP) is 1.96. The molecule has 0 bridgehead atoms. The van der Waals surface area contributed by atoms with E-state index in [0.29, 0.717) is 6.42 Å². The van der Waals surface area contributed by atoms with Crippen LogP contribution < -0.4 is 0 Å². The summed E-state index contributed by atoms with van der Waals surface area (Å²) in [6, 6.07) is 0. The molecule has 0 rings (SSSR count). The maximum absolute atomic E-state index is 11.0. The van der Waals surface area contributed by atoms with Gasteiger partial charge < -0.3 is 14.7 Å². The first kappa shape index (κ1) is 16.0. The Bertz CT molecular complexity index is 332. The highest BCUT2D eigenvalue weighted by molar-refractivity contribution is 7.60. The molecule has 0 radical (unpaired) electrons. The molecule has 16 heavy (non-hydrogen) atoms. The zero-order valence-electron chi connectivity index (χ0n) is 9.07. The molecule has 9 heteroatoms. The predicted molar refractivity (Wildman–Crippen MR) is 57.6 cm³/mol. The molecule has 0 aliphatic heterocycles. The number of hydrogen-bond acceptors (Lipinski definition) is 4. The molecule has 0 aromatic rings. The zero-order valence-corrected chi connectivity index (χ0v) is 10.9. The van der Waals surface area contributed by atoms with Crippen molar-refractivity contribution < 1.29 is 32.6 Å². The Hall–Kier alpha value is -0.0000000000000000416. The van der Waals surface area contributed by atoms with Gasteiger partial charge in [-0.15, -0.1) is 0 Å². The van der Waals surface area contributed by atoms with Crippen LogP contribution in [0, 0.1) is 0 Å². The first-order valence-electron chi connectivity index (χ1n) is 4.56. The molecule has 0 aliphatic carbocycles. The summed E-state index contributed by atoms with van der Waals surface area (Å²) in [5.74, 6) is 0. The van der Waals surface area contributed by atoms with Crippen molar-refractivity contribution in [3.63, 3.8) is 0 Å². The van der Waals surface area contributed by atoms with Crippen LogP contribution >= 0.6 is 15.6 Å². The molecule has 0 aromatic heterocycles. The van der Waals surface area contributed by atoms with Crippen LogP contribution in [-0.2, 0) is 18.0 Å². The molecule has 0 saturated carbocycles. The second-order valence-electron chi connectivity index (χ2n) is 3.08. The van der Waals surface area contributed by atoms with Crippen LogP contribution in [-0.4, -0.2) is 21.3 Å². The van der Waals surface area contributed by atoms with Gasteiger partial charge in [0.05, 0.1) is 6.61 Å². The van der Waals surface area contributed by atoms with E-state index >= 15 is 0 Å². The average molecular weight is 274 g/mol. The van der Waals surface area contributed by atoms with E-state index in [4.69, 9.17) is 14.7 Å². The van der Waals surface area contributed by atoms with Crippen molar-refractivity contribution in [2.45, 2.75) is 26.7 Å². The number of phosphoric ester groups is 1. The van der Waals surface area contributed by atoms with Crippen molar-refractivity contribution in [1.29, 1.82) is 0 Å². The van der Waals surface area contributed by atoms with E-state index in [2.05, 4.69) is 8.83 Å². The second kappa shape index (κ2) is 6.67. The van der Waals surface area contributed by atoms with Crippen LogP contribution in [0.4, 0.5) is 0 Å². The van der Waals surface area contributed by atoms with Gasteiger partial charge in [-0.3, -0.25) is 4.52 Å². The maximum Gasteiger partial charge on any atom is 0.481 e. The fourth-order valence-corrected chi connectivity index (χ4v) is 2.52. The molecule has 0 aliphatic rings. The lowest BCUT2D eigenvalue weighted by molar-refractivity contribution is 0.180. The van der Waals surface area contributed by atoms with E-state index in [1.54, 1.807) is 0 Å². The summed E-state index contributed by atoms with van der Waals surface area (Å²) in [6.45, 7) is 3.62. The van der Waals surface area contributed by atoms with Gasteiger partial charge in [0.15, 0.2) is 0 Å². The molecule has 96 valence electrons. The average Bonchev–Trinajstić information content (AvgIpc) is 1.98. The van der Waals surface area contributed by atoms with Gasteiger partial charge in [-0.25, -0.2) is 9.13 Å². The Morgan fingerprint density at radius 2 is 1.88 bits per heavy atom. The molecule has 0 saturated heterocycles. The Morgan fingerprint density at radius 1 is 1.31 bits per heavy atom. The standard InChI is InChI=1S/C7H16O7P2/c1-3-4-7(2)5-6-13-16(11,12)14-15(8,9)10/h4H,3,5-6H2,1-2H3,(H,11,12)(H2,8,9,10)/b7-4+. The van der Waals surface area contributed by atoms with Crippen LogP contribution in [0.25, 0.3) is 0 Å². The lowest BCUT2D eigenvalue weighted by atomic mass is 10.2. The Morgan fingerprint density at radius 3 is 2.31 bits per heavy atom. The van der Waals surface area contributed by atoms with Crippen LogP contribution in [0.15, 0.2) is 11.6 Å². The van der Waals surface area contributed by atoms with Crippen LogP contribution in [0.3, 0.4) is 0 Å². The number of hydrogen-bond donors (Lipinski definition) is 3. The molecule has 1 unspecified atom stereocenters. The van der Waals surface area contributed by atoms with Crippen molar-refractivity contribution in [3.8, 4) is 0 Å². The molecule has 0 fully saturated rings. The van der Waals surface area contributed by atoms with Crippen LogP contribution in [0.5, 0.6) is 0 Å². The van der Waals surface area contributed by atoms with E-state index in [9.17, 15) is 9.13 Å². The van der Waals surface area contributed by atoms with Crippen molar-refractivity contribution >= 4 is 15.6 Å². The highest BCUT2D eigenvalue weighted by Gasteiger charge is 2.31. The monoisotopic (exact) mass is 274 g/mol. The van der Waals surface area contributed by atoms with Gasteiger partial charge in [-0.1, -0.05) is 18.6 Å². The largest absolute Gasteiger partial charge is 0.481 e. The van der Waals surface area contributed by atoms with Gasteiger partial charge in [-0.05, 0) is 19.8 Å². The molecular formula is C7H16O7P2. The Balaban J connectivity index is 4.06. The number of allylic oxidation sites excluding steroid dienone is 1. The van der Waals surface area contributed by atoms with Gasteiger partial charge in [0.2, 0.25) is 0 Å². The van der Waals surface area contributed by atoms with E-state index in [1.807, 2.05) is 19.9 Å². The van der Waals surface area contributed by atoms with E-state index in [1.165, 1.54) is 0 Å². The summed E-state index contributed by atoms with van der Waals surface area (Å²) in [4.78, 5) is 25.5. The van der Waals surface area contributed by atoms with Gasteiger partial charge >= 0.3 is 15.6 Å². The van der Waals surface area contributed by atoms with Gasteiger partial charge in [0.1, 0.15) is 0 Å². The molecule has 0 spiro atoms. The zero-order chi connectivity index (χ0) is 12.8. The molecule has 0 aromatic carbocycles. The lowest BCUT2D eigenvalue weighted by Gasteiger charge is -2.12. The minimum absolute atomic E-state index is 0.143. The molecule has 3 N–H and O–H groups in total. The normalized spacial score (nSPS) is 17.2. The topological polar surface area (TPSA) is 113 Å². The van der Waals surface area contributed by atoms with Crippen molar-refractivity contribution in [2.24, 2.45) is 0 Å². The third kappa shape index (κ3) is 9.24. The summed E-state index contributed by atoms with van der Waals surface area (Å²) in [5, 5.41) is 0. The minimum Gasteiger partial charge on any atom is -0.302 e. The Labute approximate surface area is 93.9 Å². The third-order valence-corrected chi connectivity index (χ3v) is 3.70. The fraction of sp³-hybridized carbons (Fsp3) is 0.714. The third-order valence-electron chi connectivity index (χ3n) is 1.51. The lowest BCUT2D eigenvalue weighted by Crippen LogP contribution is -1.96. The van der Waals surface area contributed by atoms with Gasteiger partial charge in [0, 0.05) is 0 Å². The van der Waals surface area contributed by atoms with Gasteiger partial charge in [0.25, 0.3) is 0 Å². The molecule has 0 heterocycles. The number of rotatable bonds is 7. The smallest absolute Gasteiger partial charge is 0.302 e. The maximum atomic E-state index is 11.0. The molecular weight excluding hydrogens is 258 g/mol. The van der Waals surface area contributed by atoms with E-state index in [0.717, 1.165) is 12.0 Å². The number of phosphoric acid groups is 2. The summed E-state index contributed by atoms with van der Waals surface area (Å²) in [5.41, 5.74) is 0.957. The highest BCUT2D eigenvalue weighted by Crippen LogP contribution is 2.57. The Kier molecular flexibility index (Phi) is 6.67. The molecule has 0 amide bonds. The SMILES string of the molecule is CC/C=C(\C)CCOP(=O)(O)OP(=O)(O)O. The van der Waals surface area contributed by atoms with Crippen LogP contribution in [0.1, 0.15) is 26.7 Å². The van der Waals surface area contributed by atoms with Crippen molar-refractivity contribution in [3.05, 3.63) is 11.6 Å². The summed E-state index contributed by atoms with van der Waals surface area (Å²) in [6.07, 6.45) is 3.14. The quantitative estimate of drug-likeness (QED) is 0.480. The summed E-state index contributed by atoms with van der Waals surface area (Å²) < 4.78 is 29.2. The van der Waals surface area contributed by atoms with Gasteiger partial charge in [-0.2, -0.15) is 4.31 Å². The summed E-state index contributed by atoms with van der Waals surface area (Å²) >= 11 is 0. The first-order valence-corrected chi connectivity index (χ1v) is 7.58. The van der Waals surface area contributed by atoms with Crippen LogP contribution in [0.2, 0.25) is 0 Å². The highest BCUT2D eigenvalue weighted by atomic mass is 31.3. The van der Waals surface area contributed by atoms with Crippen molar-refractivity contribution in [1.82, 2.24) is 0 Å². The molecule has 7 nitrogen and oxygen atoms in total. The first-order chi connectivity index (χ1) is 7.16. The summed E-state index contributed by atoms with van der Waals surface area (Å²) in [7, 11) is -9.70.